The Bertz CT molecular complexity index is 477. The molecule has 21 heavy (non-hydrogen) atoms. The summed E-state index contributed by atoms with van der Waals surface area (Å²) in [6.07, 6.45) is 2.39. The highest BCUT2D eigenvalue weighted by Crippen LogP contribution is 2.22. The summed E-state index contributed by atoms with van der Waals surface area (Å²) in [5.41, 5.74) is 0.482. The van der Waals surface area contributed by atoms with Gasteiger partial charge in [-0.15, -0.1) is 0 Å². The van der Waals surface area contributed by atoms with Crippen LogP contribution in [0.4, 0.5) is 11.4 Å². The summed E-state index contributed by atoms with van der Waals surface area (Å²) in [5.74, 6) is 0.0806. The van der Waals surface area contributed by atoms with Gasteiger partial charge in [-0.3, -0.25) is 14.9 Å². The zero-order chi connectivity index (χ0) is 15.7. The van der Waals surface area contributed by atoms with E-state index in [0.717, 1.165) is 19.4 Å². The summed E-state index contributed by atoms with van der Waals surface area (Å²) in [6, 6.07) is 6.45. The molecule has 0 spiro atoms. The van der Waals surface area contributed by atoms with E-state index >= 15 is 0 Å². The molecule has 1 amide bonds. The number of nitrogens with zero attached hydrogens (tertiary/aromatic N) is 2. The zero-order valence-corrected chi connectivity index (χ0v) is 12.7. The van der Waals surface area contributed by atoms with E-state index < -0.39 is 4.92 Å². The zero-order valence-electron chi connectivity index (χ0n) is 12.7. The summed E-state index contributed by atoms with van der Waals surface area (Å²) in [4.78, 5) is 24.3. The van der Waals surface area contributed by atoms with Gasteiger partial charge >= 0.3 is 0 Å². The van der Waals surface area contributed by atoms with E-state index in [1.54, 1.807) is 18.2 Å². The molecule has 1 rings (SSSR count). The average Bonchev–Trinajstić information content (AvgIpc) is 2.48. The molecule has 0 bridgehead atoms. The van der Waals surface area contributed by atoms with Gasteiger partial charge < -0.3 is 10.2 Å². The lowest BCUT2D eigenvalue weighted by Gasteiger charge is -2.20. The molecule has 0 heterocycles. The van der Waals surface area contributed by atoms with Crippen molar-refractivity contribution in [1.82, 2.24) is 4.90 Å². The molecule has 6 nitrogen and oxygen atoms in total. The third kappa shape index (κ3) is 5.41. The Balaban J connectivity index is 2.49. The first-order valence-electron chi connectivity index (χ1n) is 7.35. The standard InChI is InChI=1S/C15H23N3O3/c1-3-5-12-17(4-2)15(19)10-11-16-13-8-6-7-9-14(13)18(20)21/h6-9,16H,3-5,10-12H2,1-2H3. The van der Waals surface area contributed by atoms with Gasteiger partial charge in [0.1, 0.15) is 5.69 Å². The third-order valence-electron chi connectivity index (χ3n) is 3.27. The van der Waals surface area contributed by atoms with Gasteiger partial charge in [0.2, 0.25) is 5.91 Å². The molecular formula is C15H23N3O3. The number of unbranched alkanes of at least 4 members (excludes halogenated alkanes) is 1. The number of hydrogen-bond donors (Lipinski definition) is 1. The maximum absolute atomic E-state index is 12.0. The van der Waals surface area contributed by atoms with Crippen molar-refractivity contribution in [2.75, 3.05) is 25.0 Å². The molecule has 1 N–H and O–H groups in total. The highest BCUT2D eigenvalue weighted by Gasteiger charge is 2.14. The Morgan fingerprint density at radius 3 is 2.67 bits per heavy atom. The van der Waals surface area contributed by atoms with Gasteiger partial charge in [0.25, 0.3) is 5.69 Å². The normalized spacial score (nSPS) is 10.2. The first-order valence-corrected chi connectivity index (χ1v) is 7.35. The predicted octanol–water partition coefficient (Wildman–Crippen LogP) is 3.05. The van der Waals surface area contributed by atoms with Gasteiger partial charge in [-0.1, -0.05) is 25.5 Å². The maximum atomic E-state index is 12.0. The predicted molar refractivity (Wildman–Crippen MR) is 83.4 cm³/mol. The van der Waals surface area contributed by atoms with E-state index in [1.165, 1.54) is 6.07 Å². The van der Waals surface area contributed by atoms with E-state index in [1.807, 2.05) is 11.8 Å². The fraction of sp³-hybridized carbons (Fsp3) is 0.533. The summed E-state index contributed by atoms with van der Waals surface area (Å²) < 4.78 is 0. The van der Waals surface area contributed by atoms with Crippen molar-refractivity contribution in [1.29, 1.82) is 0 Å². The second kappa shape index (κ2) is 8.94. The maximum Gasteiger partial charge on any atom is 0.292 e. The number of carbonyl (C=O) groups is 1. The van der Waals surface area contributed by atoms with Crippen LogP contribution in [-0.2, 0) is 4.79 Å². The molecule has 0 aliphatic carbocycles. The minimum absolute atomic E-state index is 0.0308. The molecule has 6 heteroatoms. The number of carbonyl (C=O) groups excluding carboxylic acids is 1. The largest absolute Gasteiger partial charge is 0.379 e. The van der Waals surface area contributed by atoms with Crippen molar-refractivity contribution in [2.45, 2.75) is 33.1 Å². The molecule has 0 aliphatic rings. The molecule has 0 unspecified atom stereocenters. The van der Waals surface area contributed by atoms with Crippen molar-refractivity contribution < 1.29 is 9.72 Å². The Morgan fingerprint density at radius 2 is 2.05 bits per heavy atom. The van der Waals surface area contributed by atoms with Crippen LogP contribution in [-0.4, -0.2) is 35.4 Å². The molecule has 0 saturated heterocycles. The van der Waals surface area contributed by atoms with Gasteiger partial charge in [0, 0.05) is 32.1 Å². The van der Waals surface area contributed by atoms with Crippen molar-refractivity contribution >= 4 is 17.3 Å². The van der Waals surface area contributed by atoms with Crippen LogP contribution in [0.3, 0.4) is 0 Å². The Kier molecular flexibility index (Phi) is 7.21. The quantitative estimate of drug-likeness (QED) is 0.561. The molecule has 116 valence electrons. The number of nitrogens with one attached hydrogen (secondary N) is 1. The molecule has 1 aromatic carbocycles. The van der Waals surface area contributed by atoms with Crippen LogP contribution >= 0.6 is 0 Å². The second-order valence-corrected chi connectivity index (χ2v) is 4.78. The molecule has 0 aliphatic heterocycles. The van der Waals surface area contributed by atoms with E-state index in [9.17, 15) is 14.9 Å². The van der Waals surface area contributed by atoms with Crippen LogP contribution in [0.25, 0.3) is 0 Å². The van der Waals surface area contributed by atoms with Crippen molar-refractivity contribution in [2.24, 2.45) is 0 Å². The Labute approximate surface area is 125 Å². The SMILES string of the molecule is CCCCN(CC)C(=O)CCNc1ccccc1[N+](=O)[O-]. The van der Waals surface area contributed by atoms with Gasteiger partial charge in [-0.2, -0.15) is 0 Å². The average molecular weight is 293 g/mol. The minimum Gasteiger partial charge on any atom is -0.379 e. The molecular weight excluding hydrogens is 270 g/mol. The van der Waals surface area contributed by atoms with Crippen LogP contribution in [0.2, 0.25) is 0 Å². The molecule has 0 saturated carbocycles. The number of anilines is 1. The molecule has 0 atom stereocenters. The van der Waals surface area contributed by atoms with E-state index in [-0.39, 0.29) is 11.6 Å². The fourth-order valence-corrected chi connectivity index (χ4v) is 2.05. The van der Waals surface area contributed by atoms with E-state index in [2.05, 4.69) is 12.2 Å². The summed E-state index contributed by atoms with van der Waals surface area (Å²) in [5, 5.41) is 13.9. The van der Waals surface area contributed by atoms with Gasteiger partial charge in [-0.05, 0) is 19.4 Å². The number of amides is 1. The Morgan fingerprint density at radius 1 is 1.33 bits per heavy atom. The second-order valence-electron chi connectivity index (χ2n) is 4.78. The van der Waals surface area contributed by atoms with E-state index in [0.29, 0.717) is 25.2 Å². The van der Waals surface area contributed by atoms with Gasteiger partial charge in [0.05, 0.1) is 4.92 Å². The third-order valence-corrected chi connectivity index (χ3v) is 3.27. The van der Waals surface area contributed by atoms with E-state index in [4.69, 9.17) is 0 Å². The smallest absolute Gasteiger partial charge is 0.292 e. The molecule has 0 radical (unpaired) electrons. The van der Waals surface area contributed by atoms with Crippen molar-refractivity contribution in [3.8, 4) is 0 Å². The topological polar surface area (TPSA) is 75.5 Å². The van der Waals surface area contributed by atoms with Crippen LogP contribution in [0.1, 0.15) is 33.1 Å². The molecule has 0 fully saturated rings. The first kappa shape index (κ1) is 16.9. The van der Waals surface area contributed by atoms with Gasteiger partial charge in [0.15, 0.2) is 0 Å². The summed E-state index contributed by atoms with van der Waals surface area (Å²) >= 11 is 0. The lowest BCUT2D eigenvalue weighted by atomic mass is 10.2. The Hall–Kier alpha value is -2.11. The molecule has 0 aromatic heterocycles. The lowest BCUT2D eigenvalue weighted by molar-refractivity contribution is -0.384. The number of nitro groups is 1. The summed E-state index contributed by atoms with van der Waals surface area (Å²) in [6.45, 7) is 5.92. The highest BCUT2D eigenvalue weighted by molar-refractivity contribution is 5.77. The number of benzene rings is 1. The lowest BCUT2D eigenvalue weighted by Crippen LogP contribution is -2.32. The van der Waals surface area contributed by atoms with Crippen LogP contribution in [0.5, 0.6) is 0 Å². The van der Waals surface area contributed by atoms with Crippen LogP contribution < -0.4 is 5.32 Å². The highest BCUT2D eigenvalue weighted by atomic mass is 16.6. The first-order chi connectivity index (χ1) is 10.1. The van der Waals surface area contributed by atoms with Crippen molar-refractivity contribution in [3.63, 3.8) is 0 Å². The monoisotopic (exact) mass is 293 g/mol. The summed E-state index contributed by atoms with van der Waals surface area (Å²) in [7, 11) is 0. The number of para-hydroxylation sites is 2. The van der Waals surface area contributed by atoms with Gasteiger partial charge in [-0.25, -0.2) is 0 Å². The van der Waals surface area contributed by atoms with Crippen LogP contribution in [0, 0.1) is 10.1 Å². The van der Waals surface area contributed by atoms with Crippen molar-refractivity contribution in [3.05, 3.63) is 34.4 Å². The number of nitro benzene ring substituents is 1. The fourth-order valence-electron chi connectivity index (χ4n) is 2.05. The minimum atomic E-state index is -0.427. The number of rotatable bonds is 9. The number of hydrogen-bond acceptors (Lipinski definition) is 4. The van der Waals surface area contributed by atoms with Crippen LogP contribution in [0.15, 0.2) is 24.3 Å². The molecule has 1 aromatic rings.